The summed E-state index contributed by atoms with van der Waals surface area (Å²) >= 11 is 8.39. The predicted octanol–water partition coefficient (Wildman–Crippen LogP) is 2.36. The van der Waals surface area contributed by atoms with E-state index < -0.39 is 0 Å². The van der Waals surface area contributed by atoms with Gasteiger partial charge in [-0.2, -0.15) is 0 Å². The van der Waals surface area contributed by atoms with Gasteiger partial charge >= 0.3 is 0 Å². The highest BCUT2D eigenvalue weighted by Crippen LogP contribution is 2.21. The van der Waals surface area contributed by atoms with Crippen molar-refractivity contribution in [1.29, 1.82) is 0 Å². The molecule has 0 unspecified atom stereocenters. The molecule has 104 valence electrons. The maximum absolute atomic E-state index is 11.9. The van der Waals surface area contributed by atoms with E-state index in [1.807, 2.05) is 32.0 Å². The van der Waals surface area contributed by atoms with Crippen LogP contribution in [0.2, 0.25) is 0 Å². The number of amides is 1. The van der Waals surface area contributed by atoms with Gasteiger partial charge in [0.1, 0.15) is 4.99 Å². The number of thiocarbonyl (C=S) groups is 1. The molecule has 1 aromatic carbocycles. The first kappa shape index (κ1) is 15.9. The van der Waals surface area contributed by atoms with Crippen LogP contribution >= 0.6 is 28.1 Å². The molecule has 0 aliphatic heterocycles. The number of benzene rings is 1. The number of rotatable bonds is 6. The quantitative estimate of drug-likeness (QED) is 0.778. The molecule has 1 aromatic rings. The van der Waals surface area contributed by atoms with Gasteiger partial charge in [-0.25, -0.2) is 0 Å². The smallest absolute Gasteiger partial charge is 0.241 e. The molecule has 0 aliphatic rings. The molecule has 6 heteroatoms. The zero-order chi connectivity index (χ0) is 14.4. The van der Waals surface area contributed by atoms with E-state index in [9.17, 15) is 4.79 Å². The van der Waals surface area contributed by atoms with Crippen LogP contribution in [0.4, 0.5) is 5.69 Å². The van der Waals surface area contributed by atoms with E-state index in [0.29, 0.717) is 18.1 Å². The third-order valence-electron chi connectivity index (χ3n) is 2.79. The summed E-state index contributed by atoms with van der Waals surface area (Å²) in [6.07, 6.45) is 0. The second-order valence-corrected chi connectivity index (χ2v) is 5.33. The third-order valence-corrected chi connectivity index (χ3v) is 3.51. The maximum atomic E-state index is 11.9. The normalized spacial score (nSPS) is 10.1. The fourth-order valence-corrected chi connectivity index (χ4v) is 2.28. The lowest BCUT2D eigenvalue weighted by molar-refractivity contribution is -0.128. The fourth-order valence-electron chi connectivity index (χ4n) is 1.74. The van der Waals surface area contributed by atoms with Gasteiger partial charge in [0.05, 0.1) is 6.54 Å². The zero-order valence-corrected chi connectivity index (χ0v) is 13.5. The van der Waals surface area contributed by atoms with Crippen molar-refractivity contribution in [2.75, 3.05) is 25.0 Å². The van der Waals surface area contributed by atoms with Crippen molar-refractivity contribution in [1.82, 2.24) is 4.90 Å². The first-order valence-corrected chi connectivity index (χ1v) is 7.30. The predicted molar refractivity (Wildman–Crippen MR) is 86.4 cm³/mol. The highest BCUT2D eigenvalue weighted by Gasteiger charge is 2.11. The summed E-state index contributed by atoms with van der Waals surface area (Å²) < 4.78 is 0.908. The summed E-state index contributed by atoms with van der Waals surface area (Å²) in [5.74, 6) is 0.0545. The molecule has 1 amide bonds. The average molecular weight is 344 g/mol. The summed E-state index contributed by atoms with van der Waals surface area (Å²) in [5.41, 5.74) is 7.17. The minimum Gasteiger partial charge on any atom is -0.389 e. The van der Waals surface area contributed by atoms with Crippen LogP contribution in [0.5, 0.6) is 0 Å². The van der Waals surface area contributed by atoms with Crippen LogP contribution < -0.4 is 11.1 Å². The number of hydrogen-bond acceptors (Lipinski definition) is 3. The fraction of sp³-hybridized carbons (Fsp3) is 0.385. The van der Waals surface area contributed by atoms with E-state index in [0.717, 1.165) is 15.7 Å². The summed E-state index contributed by atoms with van der Waals surface area (Å²) in [6, 6.07) is 5.56. The van der Waals surface area contributed by atoms with Crippen LogP contribution in [0.3, 0.4) is 0 Å². The van der Waals surface area contributed by atoms with Crippen LogP contribution in [-0.2, 0) is 4.79 Å². The minimum atomic E-state index is 0.0545. The molecule has 0 heterocycles. The van der Waals surface area contributed by atoms with Crippen LogP contribution in [-0.4, -0.2) is 35.4 Å². The van der Waals surface area contributed by atoms with Crippen molar-refractivity contribution < 1.29 is 4.79 Å². The number of carbonyl (C=O) groups excluding carboxylic acids is 1. The van der Waals surface area contributed by atoms with Gasteiger partial charge in [-0.3, -0.25) is 4.79 Å². The minimum absolute atomic E-state index is 0.0545. The molecule has 3 N–H and O–H groups in total. The molecule has 19 heavy (non-hydrogen) atoms. The van der Waals surface area contributed by atoms with E-state index in [4.69, 9.17) is 18.0 Å². The highest BCUT2D eigenvalue weighted by atomic mass is 79.9. The standard InChI is InChI=1S/C13H18BrN3OS/c1-3-17(4-2)12(18)8-16-11-7-9(14)5-6-10(11)13(15)19/h5-7,16H,3-4,8H2,1-2H3,(H2,15,19). The maximum Gasteiger partial charge on any atom is 0.241 e. The second kappa shape index (κ2) is 7.45. The molecular weight excluding hydrogens is 326 g/mol. The van der Waals surface area contributed by atoms with E-state index in [1.54, 1.807) is 4.90 Å². The van der Waals surface area contributed by atoms with Gasteiger partial charge in [0.25, 0.3) is 0 Å². The number of hydrogen-bond donors (Lipinski definition) is 2. The summed E-state index contributed by atoms with van der Waals surface area (Å²) in [4.78, 5) is 14.0. The van der Waals surface area contributed by atoms with Crippen molar-refractivity contribution in [3.8, 4) is 0 Å². The first-order chi connectivity index (χ1) is 8.99. The van der Waals surface area contributed by atoms with Gasteiger partial charge in [0.15, 0.2) is 0 Å². The number of anilines is 1. The van der Waals surface area contributed by atoms with Crippen molar-refractivity contribution in [3.05, 3.63) is 28.2 Å². The summed E-state index contributed by atoms with van der Waals surface area (Å²) in [6.45, 7) is 5.56. The molecule has 0 spiro atoms. The third kappa shape index (κ3) is 4.47. The Morgan fingerprint density at radius 3 is 2.58 bits per heavy atom. The molecule has 0 fully saturated rings. The largest absolute Gasteiger partial charge is 0.389 e. The molecule has 1 rings (SSSR count). The van der Waals surface area contributed by atoms with Crippen LogP contribution in [0.15, 0.2) is 22.7 Å². The number of likely N-dealkylation sites (N-methyl/N-ethyl adjacent to an activating group) is 1. The molecule has 0 saturated heterocycles. The van der Waals surface area contributed by atoms with Crippen LogP contribution in [0, 0.1) is 0 Å². The highest BCUT2D eigenvalue weighted by molar-refractivity contribution is 9.10. The van der Waals surface area contributed by atoms with Gasteiger partial charge in [-0.1, -0.05) is 28.1 Å². The summed E-state index contributed by atoms with van der Waals surface area (Å²) in [7, 11) is 0. The lowest BCUT2D eigenvalue weighted by Crippen LogP contribution is -2.35. The number of nitrogens with zero attached hydrogens (tertiary/aromatic N) is 1. The number of halogens is 1. The lowest BCUT2D eigenvalue weighted by atomic mass is 10.2. The van der Waals surface area contributed by atoms with Gasteiger partial charge in [-0.05, 0) is 32.0 Å². The van der Waals surface area contributed by atoms with E-state index in [2.05, 4.69) is 21.2 Å². The monoisotopic (exact) mass is 343 g/mol. The van der Waals surface area contributed by atoms with Crippen molar-refractivity contribution >= 4 is 44.7 Å². The van der Waals surface area contributed by atoms with E-state index in [-0.39, 0.29) is 12.5 Å². The van der Waals surface area contributed by atoms with Gasteiger partial charge in [-0.15, -0.1) is 0 Å². The molecule has 0 saturated carbocycles. The zero-order valence-electron chi connectivity index (χ0n) is 11.1. The lowest BCUT2D eigenvalue weighted by Gasteiger charge is -2.19. The van der Waals surface area contributed by atoms with Crippen molar-refractivity contribution in [2.24, 2.45) is 5.73 Å². The van der Waals surface area contributed by atoms with Gasteiger partial charge < -0.3 is 16.0 Å². The molecule has 0 aromatic heterocycles. The molecule has 4 nitrogen and oxygen atoms in total. The Hall–Kier alpha value is -1.14. The molecule has 0 bridgehead atoms. The van der Waals surface area contributed by atoms with Crippen LogP contribution in [0.1, 0.15) is 19.4 Å². The van der Waals surface area contributed by atoms with Crippen molar-refractivity contribution in [3.63, 3.8) is 0 Å². The topological polar surface area (TPSA) is 58.4 Å². The van der Waals surface area contributed by atoms with Crippen molar-refractivity contribution in [2.45, 2.75) is 13.8 Å². The Labute approximate surface area is 127 Å². The SMILES string of the molecule is CCN(CC)C(=O)CNc1cc(Br)ccc1C(N)=S. The first-order valence-electron chi connectivity index (χ1n) is 6.10. The second-order valence-electron chi connectivity index (χ2n) is 3.97. The molecule has 0 radical (unpaired) electrons. The molecular formula is C13H18BrN3OS. The number of carbonyl (C=O) groups is 1. The number of nitrogens with two attached hydrogens (primary N) is 1. The van der Waals surface area contributed by atoms with E-state index >= 15 is 0 Å². The molecule has 0 aliphatic carbocycles. The molecule has 0 atom stereocenters. The summed E-state index contributed by atoms with van der Waals surface area (Å²) in [5, 5.41) is 3.10. The average Bonchev–Trinajstić information content (AvgIpc) is 2.37. The Kier molecular flexibility index (Phi) is 6.24. The van der Waals surface area contributed by atoms with Gasteiger partial charge in [0, 0.05) is 28.8 Å². The number of nitrogens with one attached hydrogen (secondary N) is 1. The Morgan fingerprint density at radius 2 is 2.05 bits per heavy atom. The van der Waals surface area contributed by atoms with Crippen LogP contribution in [0.25, 0.3) is 0 Å². The van der Waals surface area contributed by atoms with E-state index in [1.165, 1.54) is 0 Å². The van der Waals surface area contributed by atoms with Gasteiger partial charge in [0.2, 0.25) is 5.91 Å². The Balaban J connectivity index is 2.79. The Bertz CT molecular complexity index is 475. The Morgan fingerprint density at radius 1 is 1.42 bits per heavy atom.